The lowest BCUT2D eigenvalue weighted by Gasteiger charge is -2.25. The van der Waals surface area contributed by atoms with Crippen molar-refractivity contribution >= 4 is 28.4 Å². The van der Waals surface area contributed by atoms with E-state index in [2.05, 4.69) is 4.98 Å². The number of benzene rings is 2. The first-order chi connectivity index (χ1) is 15.5. The summed E-state index contributed by atoms with van der Waals surface area (Å²) in [6.45, 7) is 1.17. The molecule has 1 aromatic heterocycles. The van der Waals surface area contributed by atoms with Crippen molar-refractivity contribution in [3.63, 3.8) is 0 Å². The monoisotopic (exact) mass is 455 g/mol. The molecule has 1 fully saturated rings. The van der Waals surface area contributed by atoms with Crippen LogP contribution in [0.4, 0.5) is 0 Å². The first-order valence-electron chi connectivity index (χ1n) is 10.7. The van der Waals surface area contributed by atoms with Crippen molar-refractivity contribution in [2.75, 3.05) is 20.8 Å². The van der Waals surface area contributed by atoms with Crippen molar-refractivity contribution in [1.82, 2.24) is 14.5 Å². The van der Waals surface area contributed by atoms with Gasteiger partial charge in [0.15, 0.2) is 11.5 Å². The number of aromatic nitrogens is 2. The molecule has 0 bridgehead atoms. The van der Waals surface area contributed by atoms with Crippen LogP contribution in [0.3, 0.4) is 0 Å². The van der Waals surface area contributed by atoms with Crippen LogP contribution in [-0.2, 0) is 11.3 Å². The van der Waals surface area contributed by atoms with Crippen LogP contribution < -0.4 is 15.0 Å². The zero-order chi connectivity index (χ0) is 22.7. The molecule has 1 saturated heterocycles. The maximum atomic E-state index is 12.9. The van der Waals surface area contributed by atoms with E-state index in [9.17, 15) is 9.59 Å². The molecule has 0 saturated carbocycles. The Balaban J connectivity index is 1.43. The summed E-state index contributed by atoms with van der Waals surface area (Å²) in [6, 6.07) is 11.1. The van der Waals surface area contributed by atoms with Crippen molar-refractivity contribution in [1.29, 1.82) is 0 Å². The average Bonchev–Trinajstić information content (AvgIpc) is 3.30. The number of amides is 1. The van der Waals surface area contributed by atoms with Gasteiger partial charge in [0.25, 0.3) is 5.56 Å². The van der Waals surface area contributed by atoms with Gasteiger partial charge in [-0.15, -0.1) is 0 Å². The quantitative estimate of drug-likeness (QED) is 0.533. The van der Waals surface area contributed by atoms with Gasteiger partial charge >= 0.3 is 0 Å². The Morgan fingerprint density at radius 1 is 1.16 bits per heavy atom. The van der Waals surface area contributed by atoms with Gasteiger partial charge in [-0.3, -0.25) is 14.2 Å². The second-order valence-corrected chi connectivity index (χ2v) is 8.30. The van der Waals surface area contributed by atoms with Crippen LogP contribution in [-0.4, -0.2) is 41.1 Å². The molecule has 1 unspecified atom stereocenters. The number of carbonyl (C=O) groups excluding carboxylic acids is 1. The highest BCUT2D eigenvalue weighted by molar-refractivity contribution is 6.30. The van der Waals surface area contributed by atoms with E-state index in [1.807, 2.05) is 29.2 Å². The van der Waals surface area contributed by atoms with Crippen LogP contribution in [0.2, 0.25) is 5.02 Å². The van der Waals surface area contributed by atoms with E-state index in [4.69, 9.17) is 21.1 Å². The second kappa shape index (κ2) is 9.61. The Bertz CT molecular complexity index is 1180. The van der Waals surface area contributed by atoms with Crippen LogP contribution in [0.15, 0.2) is 47.5 Å². The number of likely N-dealkylation sites (tertiary alicyclic amines) is 1. The van der Waals surface area contributed by atoms with Crippen molar-refractivity contribution in [3.05, 3.63) is 63.7 Å². The van der Waals surface area contributed by atoms with Crippen molar-refractivity contribution in [2.24, 2.45) is 0 Å². The van der Waals surface area contributed by atoms with Crippen LogP contribution in [0.5, 0.6) is 11.5 Å². The van der Waals surface area contributed by atoms with Gasteiger partial charge in [0.2, 0.25) is 5.91 Å². The predicted molar refractivity (Wildman–Crippen MR) is 123 cm³/mol. The number of ether oxygens (including phenoxy) is 2. The maximum absolute atomic E-state index is 12.9. The van der Waals surface area contributed by atoms with Crippen molar-refractivity contribution in [2.45, 2.75) is 38.3 Å². The van der Waals surface area contributed by atoms with Crippen LogP contribution >= 0.6 is 11.6 Å². The van der Waals surface area contributed by atoms with Gasteiger partial charge in [-0.25, -0.2) is 4.98 Å². The molecule has 1 amide bonds. The molecule has 1 atom stereocenters. The number of methoxy groups -OCH3 is 2. The number of aryl methyl sites for hydroxylation is 1. The van der Waals surface area contributed by atoms with E-state index in [-0.39, 0.29) is 17.5 Å². The predicted octanol–water partition coefficient (Wildman–Crippen LogP) is 4.21. The summed E-state index contributed by atoms with van der Waals surface area (Å²) in [6.07, 6.45) is 4.39. The van der Waals surface area contributed by atoms with Crippen LogP contribution in [0.1, 0.15) is 37.3 Å². The standard InChI is InChI=1S/C24H26ClN3O4/c1-31-21-13-18-19(14-22(21)32-2)26-15-27(24(18)30)11-4-6-23(29)28-12-3-5-20(28)16-7-9-17(25)10-8-16/h7-10,13-15,20H,3-6,11-12H2,1-2H3. The van der Waals surface area contributed by atoms with E-state index < -0.39 is 0 Å². The van der Waals surface area contributed by atoms with Gasteiger partial charge in [-0.05, 0) is 43.0 Å². The molecule has 1 aliphatic rings. The topological polar surface area (TPSA) is 73.7 Å². The van der Waals surface area contributed by atoms with Crippen LogP contribution in [0, 0.1) is 0 Å². The zero-order valence-corrected chi connectivity index (χ0v) is 19.0. The first kappa shape index (κ1) is 22.1. The number of rotatable bonds is 7. The highest BCUT2D eigenvalue weighted by Gasteiger charge is 2.29. The number of nitrogens with zero attached hydrogens (tertiary/aromatic N) is 3. The fourth-order valence-corrected chi connectivity index (χ4v) is 4.41. The molecule has 3 aromatic rings. The Morgan fingerprint density at radius 2 is 1.88 bits per heavy atom. The third-order valence-electron chi connectivity index (χ3n) is 5.95. The fourth-order valence-electron chi connectivity index (χ4n) is 4.29. The Labute approximate surface area is 191 Å². The van der Waals surface area contributed by atoms with Gasteiger partial charge in [0.05, 0.1) is 37.5 Å². The fraction of sp³-hybridized carbons (Fsp3) is 0.375. The summed E-state index contributed by atoms with van der Waals surface area (Å²) in [5.74, 6) is 1.11. The molecule has 2 heterocycles. The Hall–Kier alpha value is -3.06. The molecule has 8 heteroatoms. The third kappa shape index (κ3) is 4.43. The summed E-state index contributed by atoms with van der Waals surface area (Å²) < 4.78 is 12.1. The molecule has 4 rings (SSSR count). The van der Waals surface area contributed by atoms with Gasteiger partial charge < -0.3 is 14.4 Å². The van der Waals surface area contributed by atoms with Gasteiger partial charge in [-0.1, -0.05) is 23.7 Å². The Morgan fingerprint density at radius 3 is 2.59 bits per heavy atom. The van der Waals surface area contributed by atoms with Crippen molar-refractivity contribution in [3.8, 4) is 11.5 Å². The molecule has 0 spiro atoms. The largest absolute Gasteiger partial charge is 0.493 e. The highest BCUT2D eigenvalue weighted by atomic mass is 35.5. The summed E-state index contributed by atoms with van der Waals surface area (Å²) in [5.41, 5.74) is 1.49. The molecular weight excluding hydrogens is 430 g/mol. The lowest BCUT2D eigenvalue weighted by Crippen LogP contribution is -2.31. The summed E-state index contributed by atoms with van der Waals surface area (Å²) in [4.78, 5) is 32.1. The number of hydrogen-bond donors (Lipinski definition) is 0. The van der Waals surface area contributed by atoms with Gasteiger partial charge in [0.1, 0.15) is 0 Å². The van der Waals surface area contributed by atoms with Gasteiger partial charge in [-0.2, -0.15) is 0 Å². The average molecular weight is 456 g/mol. The van der Waals surface area contributed by atoms with E-state index in [1.54, 1.807) is 23.8 Å². The smallest absolute Gasteiger partial charge is 0.261 e. The van der Waals surface area contributed by atoms with Gasteiger partial charge in [0, 0.05) is 30.6 Å². The highest BCUT2D eigenvalue weighted by Crippen LogP contribution is 2.33. The van der Waals surface area contributed by atoms with Crippen LogP contribution in [0.25, 0.3) is 10.9 Å². The number of fused-ring (bicyclic) bond motifs is 1. The minimum absolute atomic E-state index is 0.0901. The summed E-state index contributed by atoms with van der Waals surface area (Å²) >= 11 is 6.00. The third-order valence-corrected chi connectivity index (χ3v) is 6.20. The van der Waals surface area contributed by atoms with E-state index >= 15 is 0 Å². The maximum Gasteiger partial charge on any atom is 0.261 e. The molecule has 32 heavy (non-hydrogen) atoms. The molecule has 1 aliphatic heterocycles. The number of halogens is 1. The van der Waals surface area contributed by atoms with E-state index in [0.717, 1.165) is 24.9 Å². The molecule has 0 N–H and O–H groups in total. The molecule has 0 radical (unpaired) electrons. The second-order valence-electron chi connectivity index (χ2n) is 7.87. The molecule has 2 aromatic carbocycles. The lowest BCUT2D eigenvalue weighted by molar-refractivity contribution is -0.132. The van der Waals surface area contributed by atoms with E-state index in [0.29, 0.717) is 46.8 Å². The zero-order valence-electron chi connectivity index (χ0n) is 18.2. The molecule has 7 nitrogen and oxygen atoms in total. The summed E-state index contributed by atoms with van der Waals surface area (Å²) in [7, 11) is 3.07. The number of hydrogen-bond acceptors (Lipinski definition) is 5. The number of carbonyl (C=O) groups is 1. The lowest BCUT2D eigenvalue weighted by atomic mass is 10.0. The Kier molecular flexibility index (Phi) is 6.65. The minimum Gasteiger partial charge on any atom is -0.493 e. The summed E-state index contributed by atoms with van der Waals surface area (Å²) in [5, 5.41) is 1.15. The molecular formula is C24H26ClN3O4. The normalized spacial score (nSPS) is 15.8. The SMILES string of the molecule is COc1cc2ncn(CCCC(=O)N3CCCC3c3ccc(Cl)cc3)c(=O)c2cc1OC. The van der Waals surface area contributed by atoms with E-state index in [1.165, 1.54) is 13.4 Å². The molecule has 168 valence electrons. The molecule has 0 aliphatic carbocycles. The van der Waals surface area contributed by atoms with Crippen molar-refractivity contribution < 1.29 is 14.3 Å². The first-order valence-corrected chi connectivity index (χ1v) is 11.1. The minimum atomic E-state index is -0.163.